The van der Waals surface area contributed by atoms with E-state index in [0.29, 0.717) is 0 Å². The Hall–Kier alpha value is 0.653. The van der Waals surface area contributed by atoms with E-state index in [1.54, 1.807) is 0 Å². The fraction of sp³-hybridized carbons (Fsp3) is 0. The van der Waals surface area contributed by atoms with Gasteiger partial charge in [-0.25, -0.2) is 0 Å². The molecule has 0 aliphatic heterocycles. The SMILES string of the molecule is C=CCl.[Ru]. The maximum Gasteiger partial charge on any atom is 0 e. The zero-order valence-electron chi connectivity index (χ0n) is 2.02. The monoisotopic (exact) mass is 164 g/mol. The van der Waals surface area contributed by atoms with Crippen LogP contribution < -0.4 is 0 Å². The predicted molar refractivity (Wildman–Crippen MR) is 16.1 cm³/mol. The molecule has 0 rings (SSSR count). The van der Waals surface area contributed by atoms with Crippen LogP contribution in [-0.4, -0.2) is 0 Å². The quantitative estimate of drug-likeness (QED) is 0.473. The molecule has 0 aromatic rings. The van der Waals surface area contributed by atoms with Crippen molar-refractivity contribution >= 4 is 11.6 Å². The van der Waals surface area contributed by atoms with Gasteiger partial charge in [0.25, 0.3) is 0 Å². The van der Waals surface area contributed by atoms with Crippen LogP contribution in [0.5, 0.6) is 0 Å². The van der Waals surface area contributed by atoms with Crippen molar-refractivity contribution in [3.05, 3.63) is 12.1 Å². The molecule has 0 radical (unpaired) electrons. The van der Waals surface area contributed by atoms with Crippen molar-refractivity contribution in [1.29, 1.82) is 0 Å². The molecule has 0 spiro atoms. The molecule has 2 heteroatoms. The Morgan fingerprint density at radius 2 is 1.75 bits per heavy atom. The van der Waals surface area contributed by atoms with Crippen LogP contribution in [0, 0.1) is 0 Å². The number of hydrogen-bond acceptors (Lipinski definition) is 0. The summed E-state index contributed by atoms with van der Waals surface area (Å²) in [6.45, 7) is 3.13. The van der Waals surface area contributed by atoms with E-state index < -0.39 is 0 Å². The molecule has 0 nitrogen and oxygen atoms in total. The van der Waals surface area contributed by atoms with Crippen LogP contribution in [0.25, 0.3) is 0 Å². The summed E-state index contributed by atoms with van der Waals surface area (Å²) in [4.78, 5) is 0. The summed E-state index contributed by atoms with van der Waals surface area (Å²) >= 11 is 4.76. The van der Waals surface area contributed by atoms with Crippen molar-refractivity contribution in [3.8, 4) is 0 Å². The smallest absolute Gasteiger partial charge is 0 e. The second kappa shape index (κ2) is 9.41. The third kappa shape index (κ3) is 17.0. The van der Waals surface area contributed by atoms with Gasteiger partial charge in [-0.15, -0.1) is 0 Å². The molecule has 4 heavy (non-hydrogen) atoms. The Balaban J connectivity index is 0. The van der Waals surface area contributed by atoms with E-state index in [1.807, 2.05) is 0 Å². The van der Waals surface area contributed by atoms with Gasteiger partial charge < -0.3 is 0 Å². The Kier molecular flexibility index (Phi) is 20.8. The van der Waals surface area contributed by atoms with Gasteiger partial charge in [-0.3, -0.25) is 0 Å². The van der Waals surface area contributed by atoms with Crippen molar-refractivity contribution in [2.75, 3.05) is 0 Å². The zero-order chi connectivity index (χ0) is 2.71. The molecular formula is C2H3ClRu. The van der Waals surface area contributed by atoms with E-state index in [4.69, 9.17) is 11.6 Å². The van der Waals surface area contributed by atoms with Gasteiger partial charge in [-0.2, -0.15) is 0 Å². The summed E-state index contributed by atoms with van der Waals surface area (Å²) in [5.74, 6) is 0. The molecule has 0 atom stereocenters. The van der Waals surface area contributed by atoms with E-state index in [1.165, 1.54) is 5.54 Å². The Morgan fingerprint density at radius 1 is 1.75 bits per heavy atom. The molecule has 0 amide bonds. The first-order valence-electron chi connectivity index (χ1n) is 0.626. The molecule has 0 N–H and O–H groups in total. The third-order valence-electron chi connectivity index (χ3n) is 0. The molecular weight excluding hydrogens is 161 g/mol. The summed E-state index contributed by atoms with van der Waals surface area (Å²) in [5, 5.41) is 0. The molecule has 0 saturated carbocycles. The van der Waals surface area contributed by atoms with E-state index in [-0.39, 0.29) is 19.5 Å². The van der Waals surface area contributed by atoms with Crippen molar-refractivity contribution in [3.63, 3.8) is 0 Å². The van der Waals surface area contributed by atoms with Crippen molar-refractivity contribution in [2.45, 2.75) is 0 Å². The van der Waals surface area contributed by atoms with Crippen LogP contribution in [0.3, 0.4) is 0 Å². The van der Waals surface area contributed by atoms with Crippen LogP contribution >= 0.6 is 11.6 Å². The zero-order valence-corrected chi connectivity index (χ0v) is 4.51. The molecule has 0 bridgehead atoms. The summed E-state index contributed by atoms with van der Waals surface area (Å²) in [6.07, 6.45) is 0. The fourth-order valence-electron chi connectivity index (χ4n) is 0. The molecule has 0 aliphatic carbocycles. The average Bonchev–Trinajstić information content (AvgIpc) is 0.918. The van der Waals surface area contributed by atoms with Gasteiger partial charge in [-0.05, 0) is 5.54 Å². The minimum Gasteiger partial charge on any atom is -0.0936 e. The van der Waals surface area contributed by atoms with Gasteiger partial charge in [0.05, 0.1) is 0 Å². The van der Waals surface area contributed by atoms with Crippen molar-refractivity contribution in [2.24, 2.45) is 0 Å². The van der Waals surface area contributed by atoms with Crippen LogP contribution in [0.4, 0.5) is 0 Å². The van der Waals surface area contributed by atoms with Gasteiger partial charge in [0.2, 0.25) is 0 Å². The van der Waals surface area contributed by atoms with Gasteiger partial charge in [-0.1, -0.05) is 18.2 Å². The van der Waals surface area contributed by atoms with Crippen molar-refractivity contribution in [1.82, 2.24) is 0 Å². The topological polar surface area (TPSA) is 0 Å². The summed E-state index contributed by atoms with van der Waals surface area (Å²) in [6, 6.07) is 0. The maximum atomic E-state index is 4.76. The Morgan fingerprint density at radius 3 is 1.75 bits per heavy atom. The summed E-state index contributed by atoms with van der Waals surface area (Å²) in [5.41, 5.74) is 1.22. The number of rotatable bonds is 0. The number of hydrogen-bond donors (Lipinski definition) is 0. The van der Waals surface area contributed by atoms with Crippen molar-refractivity contribution < 1.29 is 19.5 Å². The van der Waals surface area contributed by atoms with Crippen LogP contribution in [0.2, 0.25) is 0 Å². The van der Waals surface area contributed by atoms with Gasteiger partial charge >= 0.3 is 0 Å². The molecule has 0 aromatic heterocycles. The van der Waals surface area contributed by atoms with E-state index in [0.717, 1.165) is 0 Å². The second-order valence-electron chi connectivity index (χ2n) is 0.154. The van der Waals surface area contributed by atoms with E-state index in [2.05, 4.69) is 6.58 Å². The fourth-order valence-corrected chi connectivity index (χ4v) is 0. The first-order chi connectivity index (χ1) is 1.41. The van der Waals surface area contributed by atoms with E-state index in [9.17, 15) is 0 Å². The van der Waals surface area contributed by atoms with Gasteiger partial charge in [0.1, 0.15) is 0 Å². The minimum absolute atomic E-state index is 0. The largest absolute Gasteiger partial charge is 0.0936 e. The average molecular weight is 164 g/mol. The molecule has 0 heterocycles. The Bertz CT molecular complexity index is 13.5. The van der Waals surface area contributed by atoms with Crippen LogP contribution in [0.1, 0.15) is 0 Å². The minimum atomic E-state index is 0. The molecule has 0 fully saturated rings. The normalized spacial score (nSPS) is 3.25. The Labute approximate surface area is 43.6 Å². The first kappa shape index (κ1) is 8.82. The third-order valence-corrected chi connectivity index (χ3v) is 0. The second-order valence-corrected chi connectivity index (χ2v) is 0.463. The van der Waals surface area contributed by atoms with Crippen LogP contribution in [-0.2, 0) is 19.5 Å². The molecule has 0 unspecified atom stereocenters. The molecule has 0 aliphatic rings. The standard InChI is InChI=1S/C2H3Cl.Ru/c1-2-3;/h2H,1H2;. The van der Waals surface area contributed by atoms with Gasteiger partial charge in [0.15, 0.2) is 0 Å². The van der Waals surface area contributed by atoms with Gasteiger partial charge in [0, 0.05) is 19.5 Å². The predicted octanol–water partition coefficient (Wildman–Crippen LogP) is 1.37. The first-order valence-corrected chi connectivity index (χ1v) is 1.06. The molecule has 0 saturated heterocycles. The summed E-state index contributed by atoms with van der Waals surface area (Å²) in [7, 11) is 0. The maximum absolute atomic E-state index is 4.76. The van der Waals surface area contributed by atoms with E-state index >= 15 is 0 Å². The summed E-state index contributed by atoms with van der Waals surface area (Å²) < 4.78 is 0. The number of halogens is 1. The van der Waals surface area contributed by atoms with Crippen LogP contribution in [0.15, 0.2) is 12.1 Å². The molecule has 0 aromatic carbocycles. The molecule has 26 valence electrons.